The first-order chi connectivity index (χ1) is 19.4. The number of ether oxygens (including phenoxy) is 3. The molecule has 1 fully saturated rings. The van der Waals surface area contributed by atoms with Crippen LogP contribution < -0.4 is 20.1 Å². The summed E-state index contributed by atoms with van der Waals surface area (Å²) in [6.07, 6.45) is -0.104. The van der Waals surface area contributed by atoms with Gasteiger partial charge in [-0.2, -0.15) is 5.26 Å². The van der Waals surface area contributed by atoms with Gasteiger partial charge in [-0.05, 0) is 66.7 Å². The summed E-state index contributed by atoms with van der Waals surface area (Å²) in [6, 6.07) is 21.3. The molecular formula is C28H21N5O7. The summed E-state index contributed by atoms with van der Waals surface area (Å²) >= 11 is 0. The Balaban J connectivity index is 1.26. The van der Waals surface area contributed by atoms with Crippen LogP contribution in [0.25, 0.3) is 22.9 Å². The fourth-order valence-corrected chi connectivity index (χ4v) is 3.92. The predicted octanol–water partition coefficient (Wildman–Crippen LogP) is 3.59. The normalized spacial score (nSPS) is 14.2. The zero-order valence-corrected chi connectivity index (χ0v) is 21.0. The lowest BCUT2D eigenvalue weighted by Crippen LogP contribution is -2.69. The second-order valence-corrected chi connectivity index (χ2v) is 8.61. The van der Waals surface area contributed by atoms with E-state index in [1.54, 1.807) is 60.7 Å². The maximum atomic E-state index is 12.6. The summed E-state index contributed by atoms with van der Waals surface area (Å²) in [5.74, 6) is 0.0755. The van der Waals surface area contributed by atoms with Crippen molar-refractivity contribution < 1.29 is 33.0 Å². The standard InChI is InChI=1S/C28H21N5O7/c1-37-14-13-28(25(34)30-27(36)31-26(28)35)40-22-11-9-21(10-12-22)38-20-7-5-18(6-8-20)23-32-33-24(39-23)19-4-2-3-17(15-19)16-29/h2-12,15H,13-14H2,1H3,(H2,30,31,34,35,36). The third-order valence-corrected chi connectivity index (χ3v) is 5.96. The number of aromatic nitrogens is 2. The second-order valence-electron chi connectivity index (χ2n) is 8.61. The van der Waals surface area contributed by atoms with Gasteiger partial charge in [-0.1, -0.05) is 6.07 Å². The molecule has 200 valence electrons. The Labute approximate surface area is 227 Å². The fourth-order valence-electron chi connectivity index (χ4n) is 3.92. The van der Waals surface area contributed by atoms with Crippen LogP contribution in [0.15, 0.2) is 77.2 Å². The minimum atomic E-state index is -1.96. The van der Waals surface area contributed by atoms with Gasteiger partial charge in [0.2, 0.25) is 11.8 Å². The van der Waals surface area contributed by atoms with Crippen molar-refractivity contribution in [2.24, 2.45) is 0 Å². The number of nitriles is 1. The number of barbiturate groups is 1. The zero-order valence-electron chi connectivity index (χ0n) is 21.0. The number of urea groups is 1. The van der Waals surface area contributed by atoms with Gasteiger partial charge in [0.1, 0.15) is 17.2 Å². The van der Waals surface area contributed by atoms with Gasteiger partial charge in [-0.3, -0.25) is 20.2 Å². The van der Waals surface area contributed by atoms with Gasteiger partial charge >= 0.3 is 6.03 Å². The molecule has 1 saturated heterocycles. The highest BCUT2D eigenvalue weighted by molar-refractivity contribution is 6.21. The molecule has 2 N–H and O–H groups in total. The number of hydrogen-bond acceptors (Lipinski definition) is 10. The molecule has 4 aromatic rings. The van der Waals surface area contributed by atoms with Crippen LogP contribution in [0.5, 0.6) is 17.2 Å². The number of benzene rings is 3. The summed E-state index contributed by atoms with van der Waals surface area (Å²) in [5, 5.41) is 21.4. The summed E-state index contributed by atoms with van der Waals surface area (Å²) < 4.78 is 22.5. The molecule has 12 nitrogen and oxygen atoms in total. The van der Waals surface area contributed by atoms with Gasteiger partial charge in [0, 0.05) is 24.7 Å². The SMILES string of the molecule is COCCC1(Oc2ccc(Oc3ccc(-c4nnc(-c5cccc(C#N)c5)o4)cc3)cc2)C(=O)NC(=O)NC1=O. The van der Waals surface area contributed by atoms with Crippen LogP contribution in [-0.4, -0.2) is 47.4 Å². The summed E-state index contributed by atoms with van der Waals surface area (Å²) in [6.45, 7) is 0.0471. The maximum Gasteiger partial charge on any atom is 0.328 e. The second kappa shape index (κ2) is 11.1. The van der Waals surface area contributed by atoms with Crippen LogP contribution in [0.4, 0.5) is 4.79 Å². The molecule has 1 aromatic heterocycles. The Morgan fingerprint density at radius 2 is 1.45 bits per heavy atom. The number of methoxy groups -OCH3 is 1. The molecule has 0 unspecified atom stereocenters. The molecule has 0 atom stereocenters. The number of nitrogens with zero attached hydrogens (tertiary/aromatic N) is 3. The van der Waals surface area contributed by atoms with Gasteiger partial charge in [0.15, 0.2) is 0 Å². The van der Waals surface area contributed by atoms with E-state index in [2.05, 4.69) is 26.9 Å². The zero-order chi connectivity index (χ0) is 28.1. The molecule has 5 rings (SSSR count). The third-order valence-electron chi connectivity index (χ3n) is 5.96. The van der Waals surface area contributed by atoms with Crippen LogP contribution in [-0.2, 0) is 14.3 Å². The minimum Gasteiger partial charge on any atom is -0.467 e. The van der Waals surface area contributed by atoms with Crippen molar-refractivity contribution >= 4 is 17.8 Å². The van der Waals surface area contributed by atoms with Crippen molar-refractivity contribution in [2.45, 2.75) is 12.0 Å². The number of carbonyl (C=O) groups is 3. The van der Waals surface area contributed by atoms with Gasteiger partial charge in [-0.15, -0.1) is 10.2 Å². The van der Waals surface area contributed by atoms with E-state index < -0.39 is 23.4 Å². The molecule has 1 aliphatic rings. The van der Waals surface area contributed by atoms with Crippen molar-refractivity contribution in [3.05, 3.63) is 78.4 Å². The topological polar surface area (TPSA) is 166 Å². The molecule has 0 saturated carbocycles. The summed E-state index contributed by atoms with van der Waals surface area (Å²) in [4.78, 5) is 36.6. The average Bonchev–Trinajstić information content (AvgIpc) is 3.46. The number of imide groups is 2. The Morgan fingerprint density at radius 1 is 0.850 bits per heavy atom. The number of hydrogen-bond donors (Lipinski definition) is 2. The third kappa shape index (κ3) is 5.35. The quantitative estimate of drug-likeness (QED) is 0.300. The summed E-state index contributed by atoms with van der Waals surface area (Å²) in [7, 11) is 1.42. The Kier molecular flexibility index (Phi) is 7.21. The van der Waals surface area contributed by atoms with Crippen molar-refractivity contribution in [1.29, 1.82) is 5.26 Å². The fraction of sp³-hybridized carbons (Fsp3) is 0.143. The summed E-state index contributed by atoms with van der Waals surface area (Å²) in [5.41, 5.74) is -0.150. The lowest BCUT2D eigenvalue weighted by Gasteiger charge is -2.34. The molecule has 0 radical (unpaired) electrons. The van der Waals surface area contributed by atoms with E-state index in [1.807, 2.05) is 0 Å². The first-order valence-corrected chi connectivity index (χ1v) is 12.0. The molecule has 0 spiro atoms. The predicted molar refractivity (Wildman–Crippen MR) is 138 cm³/mol. The largest absolute Gasteiger partial charge is 0.467 e. The van der Waals surface area contributed by atoms with E-state index in [-0.39, 0.29) is 18.8 Å². The van der Waals surface area contributed by atoms with Crippen LogP contribution in [0.1, 0.15) is 12.0 Å². The van der Waals surface area contributed by atoms with E-state index in [0.717, 1.165) is 0 Å². The lowest BCUT2D eigenvalue weighted by atomic mass is 9.95. The monoisotopic (exact) mass is 539 g/mol. The van der Waals surface area contributed by atoms with Crippen LogP contribution in [0.3, 0.4) is 0 Å². The minimum absolute atomic E-state index is 0.0471. The number of rotatable bonds is 9. The van der Waals surface area contributed by atoms with E-state index in [0.29, 0.717) is 40.0 Å². The number of carbonyl (C=O) groups excluding carboxylic acids is 3. The van der Waals surface area contributed by atoms with Crippen molar-refractivity contribution in [2.75, 3.05) is 13.7 Å². The van der Waals surface area contributed by atoms with E-state index >= 15 is 0 Å². The van der Waals surface area contributed by atoms with Gasteiger partial charge in [-0.25, -0.2) is 4.79 Å². The Bertz CT molecular complexity index is 1590. The molecule has 40 heavy (non-hydrogen) atoms. The number of amides is 4. The highest BCUT2D eigenvalue weighted by Gasteiger charge is 2.52. The molecule has 0 aliphatic carbocycles. The maximum absolute atomic E-state index is 12.6. The molecule has 4 amide bonds. The highest BCUT2D eigenvalue weighted by atomic mass is 16.5. The lowest BCUT2D eigenvalue weighted by molar-refractivity contribution is -0.153. The van der Waals surface area contributed by atoms with E-state index in [4.69, 9.17) is 23.9 Å². The van der Waals surface area contributed by atoms with Crippen molar-refractivity contribution in [1.82, 2.24) is 20.8 Å². The van der Waals surface area contributed by atoms with Gasteiger partial charge in [0.25, 0.3) is 17.4 Å². The Morgan fingerprint density at radius 3 is 2.08 bits per heavy atom. The van der Waals surface area contributed by atoms with E-state index in [1.165, 1.54) is 19.2 Å². The first kappa shape index (κ1) is 26.1. The molecule has 1 aliphatic heterocycles. The van der Waals surface area contributed by atoms with Crippen molar-refractivity contribution in [3.8, 4) is 46.2 Å². The average molecular weight is 540 g/mol. The smallest absolute Gasteiger partial charge is 0.328 e. The Hall–Kier alpha value is -5.54. The van der Waals surface area contributed by atoms with Crippen molar-refractivity contribution in [3.63, 3.8) is 0 Å². The highest BCUT2D eigenvalue weighted by Crippen LogP contribution is 2.30. The van der Waals surface area contributed by atoms with Crippen LogP contribution in [0.2, 0.25) is 0 Å². The van der Waals surface area contributed by atoms with Gasteiger partial charge < -0.3 is 18.6 Å². The molecular weight excluding hydrogens is 518 g/mol. The van der Waals surface area contributed by atoms with Crippen LogP contribution >= 0.6 is 0 Å². The molecule has 3 aromatic carbocycles. The molecule has 2 heterocycles. The number of nitrogens with one attached hydrogen (secondary N) is 2. The molecule has 12 heteroatoms. The van der Waals surface area contributed by atoms with Crippen LogP contribution in [0, 0.1) is 11.3 Å². The molecule has 0 bridgehead atoms. The first-order valence-electron chi connectivity index (χ1n) is 12.0. The van der Waals surface area contributed by atoms with E-state index in [9.17, 15) is 14.4 Å². The van der Waals surface area contributed by atoms with Gasteiger partial charge in [0.05, 0.1) is 18.2 Å².